The summed E-state index contributed by atoms with van der Waals surface area (Å²) >= 11 is 0. The van der Waals surface area contributed by atoms with Crippen LogP contribution < -0.4 is 0 Å². The molecule has 0 N–H and O–H groups in total. The summed E-state index contributed by atoms with van der Waals surface area (Å²) in [6.45, 7) is 3.93. The van der Waals surface area contributed by atoms with Gasteiger partial charge in [0.1, 0.15) is 12.2 Å². The Balaban J connectivity index is 2.99. The summed E-state index contributed by atoms with van der Waals surface area (Å²) in [4.78, 5) is 11.4. The van der Waals surface area contributed by atoms with Crippen LogP contribution in [0.25, 0.3) is 0 Å². The molecule has 9 heteroatoms. The van der Waals surface area contributed by atoms with Gasteiger partial charge in [0.25, 0.3) is 11.0 Å². The van der Waals surface area contributed by atoms with Gasteiger partial charge in [0, 0.05) is 0 Å². The maximum absolute atomic E-state index is 14.4. The van der Waals surface area contributed by atoms with Crippen LogP contribution in [0.5, 0.6) is 0 Å². The van der Waals surface area contributed by atoms with Gasteiger partial charge in [-0.25, -0.2) is 17.6 Å². The maximum atomic E-state index is 14.4. The van der Waals surface area contributed by atoms with Crippen molar-refractivity contribution < 1.29 is 36.0 Å². The van der Waals surface area contributed by atoms with E-state index in [4.69, 9.17) is 9.47 Å². The fraction of sp³-hybridized carbons (Fsp3) is 0.900. The summed E-state index contributed by atoms with van der Waals surface area (Å²) < 4.78 is 55.1. The predicted octanol–water partition coefficient (Wildman–Crippen LogP) is -0.0493. The third kappa shape index (κ3) is 3.85. The summed E-state index contributed by atoms with van der Waals surface area (Å²) in [6.07, 6.45) is -2.72. The molecule has 112 valence electrons. The number of ether oxygens (including phenoxy) is 3. The monoisotopic (exact) mass is 300 g/mol. The van der Waals surface area contributed by atoms with Crippen LogP contribution in [0.2, 0.25) is 0 Å². The normalized spacial score (nSPS) is 26.9. The lowest BCUT2D eigenvalue weighted by molar-refractivity contribution is -0.177. The molecule has 0 aliphatic carbocycles. The van der Waals surface area contributed by atoms with Gasteiger partial charge < -0.3 is 14.2 Å². The lowest BCUT2D eigenvalue weighted by atomic mass is 9.97. The molecule has 0 bridgehead atoms. The highest BCUT2D eigenvalue weighted by molar-refractivity contribution is 7.67. The first-order valence-corrected chi connectivity index (χ1v) is 6.60. The van der Waals surface area contributed by atoms with Gasteiger partial charge in [0.05, 0.1) is 13.7 Å². The van der Waals surface area contributed by atoms with Gasteiger partial charge in [-0.3, -0.25) is 4.18 Å². The van der Waals surface area contributed by atoms with Crippen LogP contribution in [-0.4, -0.2) is 51.8 Å². The number of esters is 1. The Morgan fingerprint density at radius 3 is 2.47 bits per heavy atom. The molecule has 0 radical (unpaired) electrons. The lowest BCUT2D eigenvalue weighted by Gasteiger charge is -2.29. The van der Waals surface area contributed by atoms with Crippen LogP contribution in [-0.2, 0) is 34.2 Å². The van der Waals surface area contributed by atoms with E-state index in [1.165, 1.54) is 0 Å². The van der Waals surface area contributed by atoms with Crippen molar-refractivity contribution in [2.45, 2.75) is 44.4 Å². The van der Waals surface area contributed by atoms with Crippen molar-refractivity contribution in [2.24, 2.45) is 0 Å². The van der Waals surface area contributed by atoms with Crippen molar-refractivity contribution in [1.82, 2.24) is 0 Å². The molecule has 7 nitrogen and oxygen atoms in total. The van der Waals surface area contributed by atoms with Gasteiger partial charge in [0.2, 0.25) is 5.67 Å². The highest BCUT2D eigenvalue weighted by Crippen LogP contribution is 2.32. The number of carbonyl (C=O) groups excluding carboxylic acids is 1. The Bertz CT molecular complexity index is 410. The molecular weight excluding hydrogens is 283 g/mol. The third-order valence-electron chi connectivity index (χ3n) is 2.69. The molecule has 1 fully saturated rings. The topological polar surface area (TPSA) is 88.1 Å². The van der Waals surface area contributed by atoms with Crippen molar-refractivity contribution in [1.29, 1.82) is 0 Å². The van der Waals surface area contributed by atoms with E-state index in [1.54, 1.807) is 13.8 Å². The van der Waals surface area contributed by atoms with Gasteiger partial charge in [0.15, 0.2) is 5.79 Å². The van der Waals surface area contributed by atoms with Gasteiger partial charge in [-0.2, -0.15) is 0 Å². The van der Waals surface area contributed by atoms with Crippen LogP contribution in [0.4, 0.5) is 4.39 Å². The fourth-order valence-corrected chi connectivity index (χ4v) is 2.31. The van der Waals surface area contributed by atoms with E-state index >= 15 is 0 Å². The van der Waals surface area contributed by atoms with E-state index in [1.807, 2.05) is 0 Å². The summed E-state index contributed by atoms with van der Waals surface area (Å²) in [5.41, 5.74) is -2.68. The second kappa shape index (κ2) is 5.70. The minimum absolute atomic E-state index is 0.0999. The summed E-state index contributed by atoms with van der Waals surface area (Å²) in [5.74, 6) is -2.25. The minimum Gasteiger partial charge on any atom is -0.467 e. The van der Waals surface area contributed by atoms with Crippen LogP contribution in [0.3, 0.4) is 0 Å². The molecule has 0 spiro atoms. The summed E-state index contributed by atoms with van der Waals surface area (Å²) in [5, 5.41) is 0. The molecule has 0 amide bonds. The first-order chi connectivity index (χ1) is 8.60. The molecule has 0 aromatic heterocycles. The van der Waals surface area contributed by atoms with Crippen molar-refractivity contribution in [2.75, 3.05) is 13.7 Å². The van der Waals surface area contributed by atoms with E-state index < -0.39 is 40.6 Å². The predicted molar refractivity (Wildman–Crippen MR) is 61.6 cm³/mol. The van der Waals surface area contributed by atoms with Gasteiger partial charge >= 0.3 is 5.97 Å². The fourth-order valence-electron chi connectivity index (χ4n) is 1.79. The highest BCUT2D eigenvalue weighted by atomic mass is 32.2. The third-order valence-corrected chi connectivity index (χ3v) is 3.09. The Labute approximate surface area is 112 Å². The van der Waals surface area contributed by atoms with E-state index in [0.717, 1.165) is 14.0 Å². The molecule has 19 heavy (non-hydrogen) atoms. The zero-order valence-electron chi connectivity index (χ0n) is 11.0. The molecule has 1 aliphatic rings. The number of halogens is 1. The first kappa shape index (κ1) is 16.3. The average molecular weight is 300 g/mol. The van der Waals surface area contributed by atoms with Crippen molar-refractivity contribution in [3.05, 3.63) is 0 Å². The number of thiol groups is 1. The SMILES string of the molecule is COC(=O)C(C)(F)[C@H](O[SH](=O)=O)C1COC(C)(C)O1. The molecule has 0 saturated carbocycles. The first-order valence-electron chi connectivity index (χ1n) is 5.50. The van der Waals surface area contributed by atoms with Crippen LogP contribution in [0, 0.1) is 0 Å². The second-order valence-corrected chi connectivity index (χ2v) is 5.34. The quantitative estimate of drug-likeness (QED) is 0.562. The molecule has 1 aliphatic heterocycles. The molecule has 3 atom stereocenters. The minimum atomic E-state index is -3.36. The highest BCUT2D eigenvalue weighted by Gasteiger charge is 2.53. The number of carbonyl (C=O) groups is 1. The van der Waals surface area contributed by atoms with Crippen LogP contribution in [0.15, 0.2) is 0 Å². The molecular formula is C10H17FO7S. The Morgan fingerprint density at radius 1 is 1.53 bits per heavy atom. The molecule has 2 unspecified atom stereocenters. The summed E-state index contributed by atoms with van der Waals surface area (Å²) in [6, 6.07) is 0. The van der Waals surface area contributed by atoms with Crippen LogP contribution >= 0.6 is 0 Å². The number of hydrogen-bond donors (Lipinski definition) is 1. The Morgan fingerprint density at radius 2 is 2.11 bits per heavy atom. The number of hydrogen-bond acceptors (Lipinski definition) is 7. The van der Waals surface area contributed by atoms with Gasteiger partial charge in [-0.15, -0.1) is 0 Å². The number of methoxy groups -OCH3 is 1. The number of rotatable bonds is 5. The zero-order valence-corrected chi connectivity index (χ0v) is 11.9. The van der Waals surface area contributed by atoms with Crippen molar-refractivity contribution in [3.63, 3.8) is 0 Å². The van der Waals surface area contributed by atoms with Gasteiger partial charge in [-0.05, 0) is 20.8 Å². The van der Waals surface area contributed by atoms with Crippen molar-refractivity contribution in [3.8, 4) is 0 Å². The Hall–Kier alpha value is -0.770. The second-order valence-electron chi connectivity index (χ2n) is 4.68. The molecule has 0 aromatic carbocycles. The smallest absolute Gasteiger partial charge is 0.346 e. The van der Waals surface area contributed by atoms with Gasteiger partial charge in [-0.1, -0.05) is 0 Å². The summed E-state index contributed by atoms with van der Waals surface area (Å²) in [7, 11) is -2.37. The van der Waals surface area contributed by atoms with E-state index in [2.05, 4.69) is 8.92 Å². The zero-order chi connectivity index (χ0) is 14.8. The lowest BCUT2D eigenvalue weighted by Crippen LogP contribution is -2.52. The number of alkyl halides is 1. The molecule has 1 saturated heterocycles. The van der Waals surface area contributed by atoms with E-state index in [9.17, 15) is 17.6 Å². The average Bonchev–Trinajstić information content (AvgIpc) is 2.64. The largest absolute Gasteiger partial charge is 0.467 e. The van der Waals surface area contributed by atoms with E-state index in [-0.39, 0.29) is 6.61 Å². The standard InChI is InChI=1S/C10H17FO7S/c1-9(2)16-5-6(17-9)7(18-19(13)14)10(3,11)8(12)15-4/h6-7,19H,5H2,1-4H3/t6?,7-,10?/m1/s1. The maximum Gasteiger partial charge on any atom is 0.346 e. The van der Waals surface area contributed by atoms with Crippen LogP contribution in [0.1, 0.15) is 20.8 Å². The molecule has 1 rings (SSSR count). The Kier molecular flexibility index (Phi) is 4.88. The van der Waals surface area contributed by atoms with E-state index in [0.29, 0.717) is 0 Å². The molecule has 1 heterocycles. The van der Waals surface area contributed by atoms with Crippen molar-refractivity contribution >= 4 is 17.0 Å². The molecule has 0 aromatic rings.